The minimum atomic E-state index is -1.09. The predicted molar refractivity (Wildman–Crippen MR) is 116 cm³/mol. The quantitative estimate of drug-likeness (QED) is 0.432. The molecule has 170 valence electrons. The van der Waals surface area contributed by atoms with Crippen LogP contribution in [0, 0.1) is 5.92 Å². The number of hydrogen-bond donors (Lipinski definition) is 0. The van der Waals surface area contributed by atoms with Crippen LogP contribution in [0.25, 0.3) is 11.2 Å². The molecule has 2 aromatic heterocycles. The first-order chi connectivity index (χ1) is 15.0. The number of hydrogen-bond acceptors (Lipinski definition) is 9. The van der Waals surface area contributed by atoms with Crippen LogP contribution in [0.15, 0.2) is 12.7 Å². The number of likely N-dealkylation sites (N-methyl/N-ethyl adjacent to an activating group) is 1. The minimum Gasteiger partial charge on any atom is -0.465 e. The van der Waals surface area contributed by atoms with Crippen molar-refractivity contribution in [3.8, 4) is 0 Å². The van der Waals surface area contributed by atoms with Crippen LogP contribution in [0.2, 0.25) is 0 Å². The molecule has 1 aliphatic heterocycles. The van der Waals surface area contributed by atoms with Gasteiger partial charge in [-0.05, 0) is 26.8 Å². The van der Waals surface area contributed by atoms with Crippen LogP contribution in [0.3, 0.4) is 0 Å². The maximum Gasteiger partial charge on any atom is 0.322 e. The van der Waals surface area contributed by atoms with Gasteiger partial charge >= 0.3 is 11.9 Å². The Morgan fingerprint density at radius 1 is 0.968 bits per heavy atom. The molecule has 0 aliphatic carbocycles. The monoisotopic (exact) mass is 432 g/mol. The molecule has 1 saturated heterocycles. The number of piperazine rings is 1. The molecule has 0 radical (unpaired) electrons. The highest BCUT2D eigenvalue weighted by Gasteiger charge is 2.39. The zero-order valence-electron chi connectivity index (χ0n) is 18.8. The number of ether oxygens (including phenoxy) is 2. The number of esters is 2. The van der Waals surface area contributed by atoms with Crippen molar-refractivity contribution in [2.45, 2.75) is 40.2 Å². The van der Waals surface area contributed by atoms with Gasteiger partial charge in [0.25, 0.3) is 0 Å². The summed E-state index contributed by atoms with van der Waals surface area (Å²) in [4.78, 5) is 43.4. The fourth-order valence-corrected chi connectivity index (χ4v) is 4.06. The van der Waals surface area contributed by atoms with Gasteiger partial charge in [0.1, 0.15) is 6.33 Å². The number of imidazole rings is 1. The highest BCUT2D eigenvalue weighted by molar-refractivity contribution is 5.96. The molecule has 0 amide bonds. The van der Waals surface area contributed by atoms with E-state index in [1.807, 2.05) is 6.92 Å². The van der Waals surface area contributed by atoms with E-state index in [2.05, 4.69) is 31.7 Å². The van der Waals surface area contributed by atoms with E-state index >= 15 is 0 Å². The molecule has 0 bridgehead atoms. The van der Waals surface area contributed by atoms with Crippen LogP contribution < -0.4 is 4.90 Å². The maximum absolute atomic E-state index is 12.7. The number of rotatable bonds is 9. The highest BCUT2D eigenvalue weighted by Crippen LogP contribution is 2.30. The lowest BCUT2D eigenvalue weighted by Crippen LogP contribution is -2.46. The molecule has 0 spiro atoms. The Labute approximate surface area is 182 Å². The van der Waals surface area contributed by atoms with Gasteiger partial charge in [-0.3, -0.25) is 9.59 Å². The number of carbonyl (C=O) groups excluding carboxylic acids is 2. The summed E-state index contributed by atoms with van der Waals surface area (Å²) in [5, 5.41) is 0. The SMILES string of the molecule is CCOC(=O)C(C(=O)OCC)C(CC)n1cnc2c(N3CCN(CC)CC3)ncnc21. The first-order valence-electron chi connectivity index (χ1n) is 11.0. The summed E-state index contributed by atoms with van der Waals surface area (Å²) < 4.78 is 12.1. The second-order valence-corrected chi connectivity index (χ2v) is 7.40. The van der Waals surface area contributed by atoms with Crippen LogP contribution >= 0.6 is 0 Å². The average molecular weight is 433 g/mol. The molecule has 1 aliphatic rings. The van der Waals surface area contributed by atoms with Gasteiger partial charge in [0.2, 0.25) is 0 Å². The van der Waals surface area contributed by atoms with Crippen molar-refractivity contribution in [3.63, 3.8) is 0 Å². The van der Waals surface area contributed by atoms with Crippen molar-refractivity contribution in [1.29, 1.82) is 0 Å². The van der Waals surface area contributed by atoms with Gasteiger partial charge in [0, 0.05) is 26.2 Å². The molecule has 10 heteroatoms. The van der Waals surface area contributed by atoms with Crippen molar-refractivity contribution in [2.75, 3.05) is 50.8 Å². The Kier molecular flexibility index (Phi) is 7.78. The van der Waals surface area contributed by atoms with Gasteiger partial charge in [0.05, 0.1) is 25.6 Å². The number of nitrogens with zero attached hydrogens (tertiary/aromatic N) is 6. The largest absolute Gasteiger partial charge is 0.465 e. The molecule has 1 unspecified atom stereocenters. The second kappa shape index (κ2) is 10.5. The summed E-state index contributed by atoms with van der Waals surface area (Å²) in [5.41, 5.74) is 1.26. The molecule has 3 heterocycles. The molecule has 1 fully saturated rings. The third-order valence-electron chi connectivity index (χ3n) is 5.70. The van der Waals surface area contributed by atoms with Crippen LogP contribution in [0.4, 0.5) is 5.82 Å². The first-order valence-corrected chi connectivity index (χ1v) is 11.0. The zero-order chi connectivity index (χ0) is 22.4. The summed E-state index contributed by atoms with van der Waals surface area (Å²) in [5.74, 6) is -1.51. The smallest absolute Gasteiger partial charge is 0.322 e. The summed E-state index contributed by atoms with van der Waals surface area (Å²) in [6.07, 6.45) is 3.64. The van der Waals surface area contributed by atoms with E-state index in [9.17, 15) is 9.59 Å². The molecular weight excluding hydrogens is 400 g/mol. The molecule has 3 rings (SSSR count). The van der Waals surface area contributed by atoms with E-state index in [0.29, 0.717) is 17.6 Å². The van der Waals surface area contributed by atoms with Gasteiger partial charge < -0.3 is 23.8 Å². The van der Waals surface area contributed by atoms with Gasteiger partial charge in [-0.15, -0.1) is 0 Å². The highest BCUT2D eigenvalue weighted by atomic mass is 16.6. The summed E-state index contributed by atoms with van der Waals surface area (Å²) >= 11 is 0. The molecule has 31 heavy (non-hydrogen) atoms. The lowest BCUT2D eigenvalue weighted by molar-refractivity contribution is -0.164. The van der Waals surface area contributed by atoms with Crippen molar-refractivity contribution < 1.29 is 19.1 Å². The topological polar surface area (TPSA) is 103 Å². The Morgan fingerprint density at radius 2 is 1.61 bits per heavy atom. The summed E-state index contributed by atoms with van der Waals surface area (Å²) in [6, 6.07) is -0.525. The molecule has 2 aromatic rings. The minimum absolute atomic E-state index is 0.186. The summed E-state index contributed by atoms with van der Waals surface area (Å²) in [6.45, 7) is 12.6. The molecule has 0 aromatic carbocycles. The van der Waals surface area contributed by atoms with Gasteiger partial charge in [-0.2, -0.15) is 0 Å². The fourth-order valence-electron chi connectivity index (χ4n) is 4.06. The third-order valence-corrected chi connectivity index (χ3v) is 5.70. The summed E-state index contributed by atoms with van der Waals surface area (Å²) in [7, 11) is 0. The number of fused-ring (bicyclic) bond motifs is 1. The van der Waals surface area contributed by atoms with Crippen molar-refractivity contribution in [1.82, 2.24) is 24.4 Å². The third kappa shape index (κ3) is 4.79. The van der Waals surface area contributed by atoms with E-state index in [4.69, 9.17) is 9.47 Å². The van der Waals surface area contributed by atoms with Crippen LogP contribution in [0.5, 0.6) is 0 Å². The molecule has 0 saturated carbocycles. The van der Waals surface area contributed by atoms with Gasteiger partial charge in [-0.25, -0.2) is 15.0 Å². The van der Waals surface area contributed by atoms with Crippen molar-refractivity contribution >= 4 is 28.9 Å². The Hall–Kier alpha value is -2.75. The van der Waals surface area contributed by atoms with E-state index in [-0.39, 0.29) is 13.2 Å². The van der Waals surface area contributed by atoms with Gasteiger partial charge in [-0.1, -0.05) is 13.8 Å². The molecular formula is C21H32N6O4. The number of anilines is 1. The second-order valence-electron chi connectivity index (χ2n) is 7.40. The standard InChI is InChI=1S/C21H32N6O4/c1-5-15(16(20(28)30-7-3)21(29)31-8-4)27-14-24-17-18(22-13-23-19(17)27)26-11-9-25(6-2)10-12-26/h13-16H,5-12H2,1-4H3. The Morgan fingerprint density at radius 3 is 2.16 bits per heavy atom. The molecule has 0 N–H and O–H groups in total. The maximum atomic E-state index is 12.7. The molecule has 1 atom stereocenters. The Balaban J connectivity index is 1.96. The fraction of sp³-hybridized carbons (Fsp3) is 0.667. The van der Waals surface area contributed by atoms with Crippen LogP contribution in [-0.2, 0) is 19.1 Å². The first kappa shape index (κ1) is 22.9. The van der Waals surface area contributed by atoms with Crippen molar-refractivity contribution in [2.24, 2.45) is 5.92 Å². The molecule has 10 nitrogen and oxygen atoms in total. The normalized spacial score (nSPS) is 16.0. The average Bonchev–Trinajstić information content (AvgIpc) is 3.21. The van der Waals surface area contributed by atoms with Crippen LogP contribution in [-0.4, -0.2) is 82.3 Å². The van der Waals surface area contributed by atoms with Crippen LogP contribution in [0.1, 0.15) is 40.2 Å². The number of carbonyl (C=O) groups is 2. The lowest BCUT2D eigenvalue weighted by atomic mass is 9.97. The predicted octanol–water partition coefficient (Wildman–Crippen LogP) is 1.66. The zero-order valence-corrected chi connectivity index (χ0v) is 18.8. The Bertz CT molecular complexity index is 875. The van der Waals surface area contributed by atoms with E-state index in [1.165, 1.54) is 6.33 Å². The number of aromatic nitrogens is 4. The van der Waals surface area contributed by atoms with Gasteiger partial charge in [0.15, 0.2) is 22.9 Å². The van der Waals surface area contributed by atoms with E-state index < -0.39 is 23.9 Å². The lowest BCUT2D eigenvalue weighted by Gasteiger charge is -2.34. The van der Waals surface area contributed by atoms with E-state index in [0.717, 1.165) is 38.5 Å². The van der Waals surface area contributed by atoms with Crippen molar-refractivity contribution in [3.05, 3.63) is 12.7 Å². The van der Waals surface area contributed by atoms with E-state index in [1.54, 1.807) is 24.7 Å².